The molecule has 0 spiro atoms. The standard InChI is InChI=1S/C27H28N2O/c1-4-21-16-17-25-24(18-21)20(3)26(28(25)5-2)27(30)29(23-14-10-7-11-15-23)19-22-12-8-6-9-13-22/h6-18H,4-5,19H2,1-3H3. The molecule has 0 fully saturated rings. The predicted molar refractivity (Wildman–Crippen MR) is 125 cm³/mol. The van der Waals surface area contributed by atoms with Crippen molar-refractivity contribution in [3.05, 3.63) is 101 Å². The first-order valence-electron chi connectivity index (χ1n) is 10.7. The fourth-order valence-electron chi connectivity index (χ4n) is 4.18. The van der Waals surface area contributed by atoms with Crippen molar-refractivity contribution < 1.29 is 4.79 Å². The van der Waals surface area contributed by atoms with Crippen LogP contribution in [-0.4, -0.2) is 10.5 Å². The van der Waals surface area contributed by atoms with Crippen LogP contribution >= 0.6 is 0 Å². The fraction of sp³-hybridized carbons (Fsp3) is 0.222. The van der Waals surface area contributed by atoms with Crippen molar-refractivity contribution in [1.82, 2.24) is 4.57 Å². The zero-order valence-corrected chi connectivity index (χ0v) is 17.9. The summed E-state index contributed by atoms with van der Waals surface area (Å²) in [7, 11) is 0. The Morgan fingerprint density at radius 3 is 2.17 bits per heavy atom. The summed E-state index contributed by atoms with van der Waals surface area (Å²) in [5.41, 5.74) is 6.28. The molecule has 152 valence electrons. The molecule has 0 saturated carbocycles. The molecule has 0 saturated heterocycles. The normalized spacial score (nSPS) is 11.0. The topological polar surface area (TPSA) is 25.2 Å². The molecule has 0 unspecified atom stereocenters. The average molecular weight is 397 g/mol. The van der Waals surface area contributed by atoms with Crippen molar-refractivity contribution in [3.8, 4) is 0 Å². The smallest absolute Gasteiger partial charge is 0.275 e. The van der Waals surface area contributed by atoms with Gasteiger partial charge in [0.1, 0.15) is 5.69 Å². The Balaban J connectivity index is 1.85. The van der Waals surface area contributed by atoms with Crippen LogP contribution in [0.1, 0.15) is 41.0 Å². The van der Waals surface area contributed by atoms with Gasteiger partial charge >= 0.3 is 0 Å². The third-order valence-corrected chi connectivity index (χ3v) is 5.80. The first-order valence-corrected chi connectivity index (χ1v) is 10.7. The van der Waals surface area contributed by atoms with E-state index >= 15 is 0 Å². The summed E-state index contributed by atoms with van der Waals surface area (Å²) in [5.74, 6) is 0.0404. The third-order valence-electron chi connectivity index (χ3n) is 5.80. The van der Waals surface area contributed by atoms with Crippen molar-refractivity contribution in [2.75, 3.05) is 4.90 Å². The van der Waals surface area contributed by atoms with Crippen LogP contribution in [0.25, 0.3) is 10.9 Å². The summed E-state index contributed by atoms with van der Waals surface area (Å²) < 4.78 is 2.16. The lowest BCUT2D eigenvalue weighted by Crippen LogP contribution is -2.32. The molecule has 1 amide bonds. The maximum atomic E-state index is 14.0. The van der Waals surface area contributed by atoms with Gasteiger partial charge in [0.05, 0.1) is 6.54 Å². The molecule has 3 aromatic carbocycles. The second kappa shape index (κ2) is 8.58. The van der Waals surface area contributed by atoms with Gasteiger partial charge in [0.15, 0.2) is 0 Å². The van der Waals surface area contributed by atoms with Gasteiger partial charge in [-0.15, -0.1) is 0 Å². The van der Waals surface area contributed by atoms with E-state index in [-0.39, 0.29) is 5.91 Å². The van der Waals surface area contributed by atoms with Crippen LogP contribution in [0.15, 0.2) is 78.9 Å². The first kappa shape index (κ1) is 20.0. The molecular formula is C27H28N2O. The summed E-state index contributed by atoms with van der Waals surface area (Å²) in [6, 6.07) is 26.7. The highest BCUT2D eigenvalue weighted by atomic mass is 16.2. The molecular weight excluding hydrogens is 368 g/mol. The van der Waals surface area contributed by atoms with E-state index in [1.165, 1.54) is 10.9 Å². The first-order chi connectivity index (χ1) is 14.6. The van der Waals surface area contributed by atoms with Gasteiger partial charge in [0.25, 0.3) is 5.91 Å². The van der Waals surface area contributed by atoms with Crippen LogP contribution in [0, 0.1) is 6.92 Å². The number of carbonyl (C=O) groups is 1. The van der Waals surface area contributed by atoms with E-state index in [1.807, 2.05) is 53.4 Å². The Bertz CT molecular complexity index is 1160. The minimum atomic E-state index is 0.0404. The van der Waals surface area contributed by atoms with Crippen molar-refractivity contribution in [1.29, 1.82) is 0 Å². The highest BCUT2D eigenvalue weighted by Crippen LogP contribution is 2.30. The van der Waals surface area contributed by atoms with E-state index in [4.69, 9.17) is 0 Å². The maximum absolute atomic E-state index is 14.0. The number of nitrogens with zero attached hydrogens (tertiary/aromatic N) is 2. The molecule has 1 heterocycles. The molecule has 0 aliphatic carbocycles. The van der Waals surface area contributed by atoms with E-state index in [2.05, 4.69) is 55.7 Å². The van der Waals surface area contributed by atoms with Crippen LogP contribution < -0.4 is 4.90 Å². The van der Waals surface area contributed by atoms with Crippen LogP contribution in [-0.2, 0) is 19.5 Å². The van der Waals surface area contributed by atoms with Crippen LogP contribution in [0.5, 0.6) is 0 Å². The Morgan fingerprint density at radius 1 is 0.867 bits per heavy atom. The van der Waals surface area contributed by atoms with Gasteiger partial charge in [-0.05, 0) is 61.2 Å². The third kappa shape index (κ3) is 3.63. The summed E-state index contributed by atoms with van der Waals surface area (Å²) in [5, 5.41) is 1.17. The molecule has 0 N–H and O–H groups in total. The Labute approximate surface area is 178 Å². The van der Waals surface area contributed by atoms with E-state index < -0.39 is 0 Å². The lowest BCUT2D eigenvalue weighted by atomic mass is 10.1. The van der Waals surface area contributed by atoms with Crippen LogP contribution in [0.3, 0.4) is 0 Å². The van der Waals surface area contributed by atoms with E-state index in [0.29, 0.717) is 6.54 Å². The lowest BCUT2D eigenvalue weighted by molar-refractivity contribution is 0.0976. The molecule has 0 bridgehead atoms. The SMILES string of the molecule is CCc1ccc2c(c1)c(C)c(C(=O)N(Cc1ccccc1)c1ccccc1)n2CC. The lowest BCUT2D eigenvalue weighted by Gasteiger charge is -2.24. The van der Waals surface area contributed by atoms with Crippen LogP contribution in [0.4, 0.5) is 5.69 Å². The van der Waals surface area contributed by atoms with Crippen molar-refractivity contribution >= 4 is 22.5 Å². The van der Waals surface area contributed by atoms with Crippen molar-refractivity contribution in [2.45, 2.75) is 40.3 Å². The van der Waals surface area contributed by atoms with Gasteiger partial charge in [-0.1, -0.05) is 61.5 Å². The van der Waals surface area contributed by atoms with Gasteiger partial charge in [0, 0.05) is 23.1 Å². The molecule has 3 heteroatoms. The Hall–Kier alpha value is -3.33. The molecule has 0 atom stereocenters. The number of hydrogen-bond donors (Lipinski definition) is 0. The average Bonchev–Trinajstić information content (AvgIpc) is 3.09. The molecule has 0 radical (unpaired) electrons. The van der Waals surface area contributed by atoms with Gasteiger partial charge in [-0.3, -0.25) is 4.79 Å². The monoisotopic (exact) mass is 396 g/mol. The molecule has 4 aromatic rings. The Kier molecular flexibility index (Phi) is 5.71. The number of para-hydroxylation sites is 1. The van der Waals surface area contributed by atoms with Gasteiger partial charge in [0.2, 0.25) is 0 Å². The second-order valence-electron chi connectivity index (χ2n) is 7.64. The molecule has 0 aliphatic rings. The van der Waals surface area contributed by atoms with Crippen molar-refractivity contribution in [2.24, 2.45) is 0 Å². The summed E-state index contributed by atoms with van der Waals surface area (Å²) in [6.07, 6.45) is 0.986. The number of aryl methyl sites for hydroxylation is 3. The fourth-order valence-corrected chi connectivity index (χ4v) is 4.18. The minimum Gasteiger partial charge on any atom is -0.337 e. The largest absolute Gasteiger partial charge is 0.337 e. The molecule has 3 nitrogen and oxygen atoms in total. The van der Waals surface area contributed by atoms with E-state index in [9.17, 15) is 4.79 Å². The highest BCUT2D eigenvalue weighted by molar-refractivity contribution is 6.09. The number of benzene rings is 3. The number of anilines is 1. The van der Waals surface area contributed by atoms with Gasteiger partial charge in [-0.2, -0.15) is 0 Å². The molecule has 1 aromatic heterocycles. The summed E-state index contributed by atoms with van der Waals surface area (Å²) in [4.78, 5) is 15.9. The second-order valence-corrected chi connectivity index (χ2v) is 7.64. The molecule has 30 heavy (non-hydrogen) atoms. The summed E-state index contributed by atoms with van der Waals surface area (Å²) in [6.45, 7) is 7.64. The minimum absolute atomic E-state index is 0.0404. The number of amides is 1. The molecule has 0 aliphatic heterocycles. The Morgan fingerprint density at radius 2 is 1.53 bits per heavy atom. The van der Waals surface area contributed by atoms with Gasteiger partial charge in [-0.25, -0.2) is 0 Å². The number of fused-ring (bicyclic) bond motifs is 1. The number of aromatic nitrogens is 1. The number of rotatable bonds is 6. The van der Waals surface area contributed by atoms with E-state index in [0.717, 1.165) is 41.0 Å². The predicted octanol–water partition coefficient (Wildman–Crippen LogP) is 6.38. The summed E-state index contributed by atoms with van der Waals surface area (Å²) >= 11 is 0. The number of hydrogen-bond acceptors (Lipinski definition) is 1. The quantitative estimate of drug-likeness (QED) is 0.371. The van der Waals surface area contributed by atoms with E-state index in [1.54, 1.807) is 0 Å². The zero-order valence-electron chi connectivity index (χ0n) is 17.9. The van der Waals surface area contributed by atoms with Gasteiger partial charge < -0.3 is 9.47 Å². The maximum Gasteiger partial charge on any atom is 0.275 e. The van der Waals surface area contributed by atoms with Crippen LogP contribution in [0.2, 0.25) is 0 Å². The zero-order chi connectivity index (χ0) is 21.1. The number of carbonyl (C=O) groups excluding carboxylic acids is 1. The van der Waals surface area contributed by atoms with Crippen molar-refractivity contribution in [3.63, 3.8) is 0 Å². The molecule has 4 rings (SSSR count). The highest BCUT2D eigenvalue weighted by Gasteiger charge is 2.25.